The molecular weight excluding hydrogens is 370 g/mol. The summed E-state index contributed by atoms with van der Waals surface area (Å²) in [6, 6.07) is 14.7. The van der Waals surface area contributed by atoms with Crippen molar-refractivity contribution < 1.29 is 9.59 Å². The molecule has 0 bridgehead atoms. The van der Waals surface area contributed by atoms with Gasteiger partial charge in [-0.1, -0.05) is 40.2 Å². The van der Waals surface area contributed by atoms with Gasteiger partial charge in [-0.05, 0) is 36.8 Å². The fourth-order valence-corrected chi connectivity index (χ4v) is 2.56. The van der Waals surface area contributed by atoms with Gasteiger partial charge in [0.2, 0.25) is 5.91 Å². The molecule has 0 aliphatic rings. The molecule has 0 saturated carbocycles. The van der Waals surface area contributed by atoms with Gasteiger partial charge in [-0.15, -0.1) is 0 Å². The van der Waals surface area contributed by atoms with Gasteiger partial charge in [-0.2, -0.15) is 0 Å². The van der Waals surface area contributed by atoms with Crippen LogP contribution in [0.1, 0.15) is 12.5 Å². The van der Waals surface area contributed by atoms with Crippen molar-refractivity contribution in [1.29, 1.82) is 0 Å². The monoisotopic (exact) mass is 389 g/mol. The minimum atomic E-state index is -0.296. The largest absolute Gasteiger partial charge is 0.336 e. The van der Waals surface area contributed by atoms with E-state index >= 15 is 0 Å². The van der Waals surface area contributed by atoms with Crippen LogP contribution in [-0.2, 0) is 4.79 Å². The summed E-state index contributed by atoms with van der Waals surface area (Å²) in [5.41, 5.74) is 2.62. The number of hydrogen-bond donors (Lipinski definition) is 2. The molecule has 0 aliphatic heterocycles. The molecule has 126 valence electrons. The van der Waals surface area contributed by atoms with Gasteiger partial charge in [0, 0.05) is 35.9 Å². The number of para-hydroxylation sites is 1. The van der Waals surface area contributed by atoms with Crippen molar-refractivity contribution in [3.8, 4) is 0 Å². The lowest BCUT2D eigenvalue weighted by Crippen LogP contribution is -2.39. The Balaban J connectivity index is 1.91. The van der Waals surface area contributed by atoms with Gasteiger partial charge < -0.3 is 15.5 Å². The van der Waals surface area contributed by atoms with E-state index in [4.69, 9.17) is 0 Å². The van der Waals surface area contributed by atoms with Crippen molar-refractivity contribution >= 4 is 39.2 Å². The minimum absolute atomic E-state index is 0.0731. The lowest BCUT2D eigenvalue weighted by atomic mass is 10.2. The topological polar surface area (TPSA) is 61.4 Å². The van der Waals surface area contributed by atoms with Crippen LogP contribution in [0.4, 0.5) is 16.2 Å². The van der Waals surface area contributed by atoms with E-state index < -0.39 is 0 Å². The van der Waals surface area contributed by atoms with E-state index in [1.807, 2.05) is 55.5 Å². The molecule has 0 aliphatic carbocycles. The number of rotatable bonds is 5. The number of urea groups is 1. The molecule has 0 radical (unpaired) electrons. The molecule has 0 saturated heterocycles. The zero-order valence-electron chi connectivity index (χ0n) is 13.7. The van der Waals surface area contributed by atoms with Crippen LogP contribution in [0.25, 0.3) is 0 Å². The highest BCUT2D eigenvalue weighted by Gasteiger charge is 2.12. The summed E-state index contributed by atoms with van der Waals surface area (Å²) in [4.78, 5) is 25.4. The van der Waals surface area contributed by atoms with E-state index in [-0.39, 0.29) is 11.9 Å². The standard InChI is InChI=1S/C18H20BrN3O2/c1-13-8-9-16(12-17(13)19)22(14(2)23)11-10-20-18(24)21-15-6-4-3-5-7-15/h3-9,12H,10-11H2,1-2H3,(H2,20,21,24). The predicted molar refractivity (Wildman–Crippen MR) is 100 cm³/mol. The lowest BCUT2D eigenvalue weighted by Gasteiger charge is -2.22. The van der Waals surface area contributed by atoms with Gasteiger partial charge >= 0.3 is 6.03 Å². The van der Waals surface area contributed by atoms with E-state index in [0.717, 1.165) is 21.4 Å². The average Bonchev–Trinajstić information content (AvgIpc) is 2.55. The molecule has 2 aromatic carbocycles. The highest BCUT2D eigenvalue weighted by Crippen LogP contribution is 2.23. The Morgan fingerprint density at radius 2 is 1.83 bits per heavy atom. The minimum Gasteiger partial charge on any atom is -0.336 e. The molecule has 3 amide bonds. The number of nitrogens with one attached hydrogen (secondary N) is 2. The van der Waals surface area contributed by atoms with Crippen LogP contribution in [-0.4, -0.2) is 25.0 Å². The van der Waals surface area contributed by atoms with Gasteiger partial charge in [0.1, 0.15) is 0 Å². The molecule has 5 nitrogen and oxygen atoms in total. The lowest BCUT2D eigenvalue weighted by molar-refractivity contribution is -0.116. The Morgan fingerprint density at radius 1 is 1.12 bits per heavy atom. The maximum absolute atomic E-state index is 11.9. The summed E-state index contributed by atoms with van der Waals surface area (Å²) in [6.45, 7) is 4.25. The fourth-order valence-electron chi connectivity index (χ4n) is 2.20. The van der Waals surface area contributed by atoms with E-state index in [9.17, 15) is 9.59 Å². The predicted octanol–water partition coefficient (Wildman–Crippen LogP) is 3.93. The van der Waals surface area contributed by atoms with Crippen molar-refractivity contribution in [2.24, 2.45) is 0 Å². The smallest absolute Gasteiger partial charge is 0.319 e. The maximum Gasteiger partial charge on any atom is 0.319 e. The first-order valence-electron chi connectivity index (χ1n) is 7.61. The number of amides is 3. The van der Waals surface area contributed by atoms with E-state index in [1.165, 1.54) is 6.92 Å². The van der Waals surface area contributed by atoms with Gasteiger partial charge in [-0.3, -0.25) is 4.79 Å². The van der Waals surface area contributed by atoms with Crippen molar-refractivity contribution in [1.82, 2.24) is 5.32 Å². The number of aryl methyl sites for hydroxylation is 1. The Hall–Kier alpha value is -2.34. The molecule has 0 heterocycles. The molecule has 0 spiro atoms. The Kier molecular flexibility index (Phi) is 6.37. The van der Waals surface area contributed by atoms with Crippen molar-refractivity contribution in [2.45, 2.75) is 13.8 Å². The highest BCUT2D eigenvalue weighted by atomic mass is 79.9. The number of anilines is 2. The zero-order valence-corrected chi connectivity index (χ0v) is 15.3. The Morgan fingerprint density at radius 3 is 2.46 bits per heavy atom. The molecule has 0 unspecified atom stereocenters. The van der Waals surface area contributed by atoms with Crippen molar-refractivity contribution in [3.05, 3.63) is 58.6 Å². The van der Waals surface area contributed by atoms with Gasteiger partial charge in [0.15, 0.2) is 0 Å². The first-order valence-corrected chi connectivity index (χ1v) is 8.41. The summed E-state index contributed by atoms with van der Waals surface area (Å²) in [5, 5.41) is 5.50. The second-order valence-corrected chi connectivity index (χ2v) is 6.21. The third-order valence-electron chi connectivity index (χ3n) is 3.50. The van der Waals surface area contributed by atoms with E-state index in [2.05, 4.69) is 26.6 Å². The molecule has 24 heavy (non-hydrogen) atoms. The first-order chi connectivity index (χ1) is 11.5. The average molecular weight is 390 g/mol. The van der Waals surface area contributed by atoms with Crippen LogP contribution in [0, 0.1) is 6.92 Å². The molecule has 0 aromatic heterocycles. The second-order valence-electron chi connectivity index (χ2n) is 5.35. The third-order valence-corrected chi connectivity index (χ3v) is 4.35. The summed E-state index contributed by atoms with van der Waals surface area (Å²) in [6.07, 6.45) is 0. The third kappa shape index (κ3) is 5.09. The number of hydrogen-bond acceptors (Lipinski definition) is 2. The number of benzene rings is 2. The molecule has 2 N–H and O–H groups in total. The summed E-state index contributed by atoms with van der Waals surface area (Å²) in [5.74, 6) is -0.0731. The van der Waals surface area contributed by atoms with Gasteiger partial charge in [0.05, 0.1) is 0 Å². The van der Waals surface area contributed by atoms with Crippen LogP contribution >= 0.6 is 15.9 Å². The quantitative estimate of drug-likeness (QED) is 0.813. The van der Waals surface area contributed by atoms with Crippen molar-refractivity contribution in [2.75, 3.05) is 23.3 Å². The van der Waals surface area contributed by atoms with Crippen LogP contribution in [0.2, 0.25) is 0 Å². The van der Waals surface area contributed by atoms with E-state index in [0.29, 0.717) is 13.1 Å². The molecular formula is C18H20BrN3O2. The molecule has 0 fully saturated rings. The maximum atomic E-state index is 11.9. The summed E-state index contributed by atoms with van der Waals surface area (Å²) < 4.78 is 0.945. The normalized spacial score (nSPS) is 10.1. The van der Waals surface area contributed by atoms with Gasteiger partial charge in [-0.25, -0.2) is 4.79 Å². The molecule has 0 atom stereocenters. The summed E-state index contributed by atoms with van der Waals surface area (Å²) in [7, 11) is 0. The zero-order chi connectivity index (χ0) is 17.5. The molecule has 2 rings (SSSR count). The SMILES string of the molecule is CC(=O)N(CCNC(=O)Nc1ccccc1)c1ccc(C)c(Br)c1. The Labute approximate surface area is 150 Å². The highest BCUT2D eigenvalue weighted by molar-refractivity contribution is 9.10. The molecule has 6 heteroatoms. The second kappa shape index (κ2) is 8.49. The number of carbonyl (C=O) groups is 2. The Bertz CT molecular complexity index is 719. The van der Waals surface area contributed by atoms with Crippen LogP contribution in [0.15, 0.2) is 53.0 Å². The van der Waals surface area contributed by atoms with Crippen LogP contribution < -0.4 is 15.5 Å². The van der Waals surface area contributed by atoms with Crippen molar-refractivity contribution in [3.63, 3.8) is 0 Å². The number of nitrogens with zero attached hydrogens (tertiary/aromatic N) is 1. The first kappa shape index (κ1) is 18.0. The number of halogens is 1. The molecule has 2 aromatic rings. The van der Waals surface area contributed by atoms with E-state index in [1.54, 1.807) is 4.90 Å². The van der Waals surface area contributed by atoms with Crippen LogP contribution in [0.3, 0.4) is 0 Å². The fraction of sp³-hybridized carbons (Fsp3) is 0.222. The summed E-state index contributed by atoms with van der Waals surface area (Å²) >= 11 is 3.47. The van der Waals surface area contributed by atoms with Crippen LogP contribution in [0.5, 0.6) is 0 Å². The van der Waals surface area contributed by atoms with Gasteiger partial charge in [0.25, 0.3) is 0 Å². The number of carbonyl (C=O) groups excluding carboxylic acids is 2.